The summed E-state index contributed by atoms with van der Waals surface area (Å²) in [6, 6.07) is 3.52. The fourth-order valence-corrected chi connectivity index (χ4v) is 3.01. The molecule has 0 radical (unpaired) electrons. The number of benzene rings is 1. The Hall–Kier alpha value is -1.28. The second-order valence-electron chi connectivity index (χ2n) is 7.36. The number of carboxylic acids is 1. The third kappa shape index (κ3) is 4.71. The Kier molecular flexibility index (Phi) is 6.61. The van der Waals surface area contributed by atoms with Gasteiger partial charge < -0.3 is 23.9 Å². The van der Waals surface area contributed by atoms with Crippen molar-refractivity contribution in [3.63, 3.8) is 0 Å². The van der Waals surface area contributed by atoms with Crippen LogP contribution in [0.4, 0.5) is 0 Å². The van der Waals surface area contributed by atoms with Gasteiger partial charge in [-0.25, -0.2) is 0 Å². The van der Waals surface area contributed by atoms with Gasteiger partial charge in [0.15, 0.2) is 6.79 Å². The lowest BCUT2D eigenvalue weighted by Gasteiger charge is -2.32. The van der Waals surface area contributed by atoms with Crippen LogP contribution in [0.25, 0.3) is 0 Å². The molecule has 2 rings (SSSR count). The van der Waals surface area contributed by atoms with E-state index < -0.39 is 24.3 Å². The average Bonchev–Trinajstić information content (AvgIpc) is 2.74. The van der Waals surface area contributed by atoms with E-state index in [0.29, 0.717) is 23.6 Å². The molecule has 0 amide bonds. The molecule has 6 nitrogen and oxygen atoms in total. The summed E-state index contributed by atoms with van der Waals surface area (Å²) in [6.07, 6.45) is 1.05. The Balaban J connectivity index is 2.36. The molecule has 144 valence electrons. The van der Waals surface area contributed by atoms with Crippen molar-refractivity contribution in [3.8, 4) is 5.75 Å². The van der Waals surface area contributed by atoms with Gasteiger partial charge in [-0.2, -0.15) is 0 Å². The van der Waals surface area contributed by atoms with Crippen LogP contribution in [-0.2, 0) is 25.3 Å². The largest absolute Gasteiger partial charge is 0.495 e. The second-order valence-corrected chi connectivity index (χ2v) is 7.77. The SMILES string of the molecule is COCOc1cc(Cl)c(CCCC(=O)O)c(B2OC(C)(C)C(C)(C)O2)c1. The minimum Gasteiger partial charge on any atom is -0.481 e. The fraction of sp³-hybridized carbons (Fsp3) is 0.611. The van der Waals surface area contributed by atoms with Gasteiger partial charge in [0, 0.05) is 18.6 Å². The second kappa shape index (κ2) is 8.17. The van der Waals surface area contributed by atoms with Gasteiger partial charge in [0.25, 0.3) is 0 Å². The van der Waals surface area contributed by atoms with Crippen LogP contribution in [0.5, 0.6) is 5.75 Å². The molecule has 0 aliphatic carbocycles. The molecule has 0 aromatic heterocycles. The molecule has 1 aliphatic rings. The van der Waals surface area contributed by atoms with Crippen LogP contribution < -0.4 is 10.2 Å². The summed E-state index contributed by atoms with van der Waals surface area (Å²) in [5, 5.41) is 9.40. The van der Waals surface area contributed by atoms with Crippen molar-refractivity contribution < 1.29 is 28.7 Å². The number of rotatable bonds is 8. The number of hydrogen-bond acceptors (Lipinski definition) is 5. The zero-order valence-electron chi connectivity index (χ0n) is 15.9. The topological polar surface area (TPSA) is 74.2 Å². The quantitative estimate of drug-likeness (QED) is 0.548. The molecule has 1 aromatic rings. The lowest BCUT2D eigenvalue weighted by molar-refractivity contribution is -0.137. The first-order valence-corrected chi connectivity index (χ1v) is 8.96. The average molecular weight is 385 g/mol. The molecule has 1 aliphatic heterocycles. The number of carboxylic acid groups (broad SMARTS) is 1. The molecule has 8 heteroatoms. The molecule has 1 aromatic carbocycles. The maximum absolute atomic E-state index is 10.8. The van der Waals surface area contributed by atoms with E-state index in [1.807, 2.05) is 33.8 Å². The van der Waals surface area contributed by atoms with Crippen LogP contribution >= 0.6 is 11.6 Å². The zero-order valence-corrected chi connectivity index (χ0v) is 16.7. The van der Waals surface area contributed by atoms with E-state index in [1.165, 1.54) is 7.11 Å². The van der Waals surface area contributed by atoms with E-state index in [2.05, 4.69) is 0 Å². The normalized spacial score (nSPS) is 18.2. The van der Waals surface area contributed by atoms with E-state index in [0.717, 1.165) is 11.0 Å². The Morgan fingerprint density at radius 2 is 1.85 bits per heavy atom. The number of methoxy groups -OCH3 is 1. The monoisotopic (exact) mass is 384 g/mol. The minimum atomic E-state index is -0.835. The Morgan fingerprint density at radius 1 is 1.23 bits per heavy atom. The smallest absolute Gasteiger partial charge is 0.481 e. The summed E-state index contributed by atoms with van der Waals surface area (Å²) in [5.74, 6) is -0.290. The Morgan fingerprint density at radius 3 is 2.38 bits per heavy atom. The molecule has 1 heterocycles. The van der Waals surface area contributed by atoms with Gasteiger partial charge in [-0.05, 0) is 63.7 Å². The van der Waals surface area contributed by atoms with Crippen molar-refractivity contribution in [2.75, 3.05) is 13.9 Å². The molecule has 0 unspecified atom stereocenters. The maximum Gasteiger partial charge on any atom is 0.495 e. The number of hydrogen-bond donors (Lipinski definition) is 1. The highest BCUT2D eigenvalue weighted by atomic mass is 35.5. The molecular weight excluding hydrogens is 358 g/mol. The first-order valence-electron chi connectivity index (χ1n) is 8.59. The molecule has 1 fully saturated rings. The van der Waals surface area contributed by atoms with Crippen LogP contribution in [0.15, 0.2) is 12.1 Å². The first kappa shape index (κ1) is 21.0. The van der Waals surface area contributed by atoms with E-state index in [4.69, 9.17) is 35.5 Å². The van der Waals surface area contributed by atoms with E-state index in [1.54, 1.807) is 6.07 Å². The van der Waals surface area contributed by atoms with Gasteiger partial charge in [0.2, 0.25) is 0 Å². The number of aliphatic carboxylic acids is 1. The summed E-state index contributed by atoms with van der Waals surface area (Å²) in [6.45, 7) is 8.00. The van der Waals surface area contributed by atoms with E-state index in [9.17, 15) is 4.79 Å². The fourth-order valence-electron chi connectivity index (χ4n) is 2.70. The predicted molar refractivity (Wildman–Crippen MR) is 100 cm³/mol. The molecule has 1 N–H and O–H groups in total. The molecule has 0 spiro atoms. The number of halogens is 1. The first-order chi connectivity index (χ1) is 12.1. The minimum absolute atomic E-state index is 0.0705. The number of ether oxygens (including phenoxy) is 2. The maximum atomic E-state index is 10.8. The highest BCUT2D eigenvalue weighted by molar-refractivity contribution is 6.63. The van der Waals surface area contributed by atoms with Gasteiger partial charge in [0.05, 0.1) is 11.2 Å². The third-order valence-corrected chi connectivity index (χ3v) is 5.21. The highest BCUT2D eigenvalue weighted by Crippen LogP contribution is 2.37. The van der Waals surface area contributed by atoms with Gasteiger partial charge in [-0.15, -0.1) is 0 Å². The van der Waals surface area contributed by atoms with Gasteiger partial charge in [-0.3, -0.25) is 4.79 Å². The molecular formula is C18H26BClO6. The van der Waals surface area contributed by atoms with Crippen molar-refractivity contribution in [1.82, 2.24) is 0 Å². The van der Waals surface area contributed by atoms with Crippen LogP contribution in [0.3, 0.4) is 0 Å². The van der Waals surface area contributed by atoms with Crippen molar-refractivity contribution in [3.05, 3.63) is 22.7 Å². The summed E-state index contributed by atoms with van der Waals surface area (Å²) in [5.41, 5.74) is 0.585. The molecule has 1 saturated heterocycles. The van der Waals surface area contributed by atoms with Crippen LogP contribution in [0.2, 0.25) is 5.02 Å². The molecule has 0 saturated carbocycles. The highest BCUT2D eigenvalue weighted by Gasteiger charge is 2.52. The van der Waals surface area contributed by atoms with Crippen LogP contribution in [0.1, 0.15) is 46.1 Å². The standard InChI is InChI=1S/C18H26BClO6/c1-17(2)18(3,4)26-19(25-17)14-9-12(24-11-23-5)10-15(20)13(14)7-6-8-16(21)22/h9-10H,6-8,11H2,1-5H3,(H,21,22). The summed E-state index contributed by atoms with van der Waals surface area (Å²) >= 11 is 6.47. The van der Waals surface area contributed by atoms with E-state index >= 15 is 0 Å². The lowest BCUT2D eigenvalue weighted by Crippen LogP contribution is -2.41. The van der Waals surface area contributed by atoms with Crippen molar-refractivity contribution in [2.45, 2.75) is 58.2 Å². The summed E-state index contributed by atoms with van der Waals surface area (Å²) < 4.78 is 22.8. The molecule has 0 bridgehead atoms. The van der Waals surface area contributed by atoms with Crippen molar-refractivity contribution >= 4 is 30.2 Å². The van der Waals surface area contributed by atoms with Gasteiger partial charge >= 0.3 is 13.1 Å². The summed E-state index contributed by atoms with van der Waals surface area (Å²) in [4.78, 5) is 10.8. The molecule has 26 heavy (non-hydrogen) atoms. The summed E-state index contributed by atoms with van der Waals surface area (Å²) in [7, 11) is 0.931. The Labute approximate surface area is 159 Å². The number of carbonyl (C=O) groups is 1. The molecule has 0 atom stereocenters. The van der Waals surface area contributed by atoms with Crippen molar-refractivity contribution in [1.29, 1.82) is 0 Å². The van der Waals surface area contributed by atoms with E-state index in [-0.39, 0.29) is 13.2 Å². The van der Waals surface area contributed by atoms with Crippen LogP contribution in [0, 0.1) is 0 Å². The van der Waals surface area contributed by atoms with Crippen LogP contribution in [-0.4, -0.2) is 43.3 Å². The lowest BCUT2D eigenvalue weighted by atomic mass is 9.74. The van der Waals surface area contributed by atoms with Gasteiger partial charge in [0.1, 0.15) is 5.75 Å². The van der Waals surface area contributed by atoms with Gasteiger partial charge in [-0.1, -0.05) is 11.6 Å². The van der Waals surface area contributed by atoms with Crippen molar-refractivity contribution in [2.24, 2.45) is 0 Å². The third-order valence-electron chi connectivity index (χ3n) is 4.87. The zero-order chi connectivity index (χ0) is 19.5. The predicted octanol–water partition coefficient (Wildman–Crippen LogP) is 3.03. The Bertz CT molecular complexity index is 645.